The fourth-order valence-electron chi connectivity index (χ4n) is 2.61. The first kappa shape index (κ1) is 14.3. The number of aromatic nitrogens is 1. The highest BCUT2D eigenvalue weighted by Gasteiger charge is 2.09. The van der Waals surface area contributed by atoms with E-state index in [4.69, 9.17) is 9.47 Å². The molecule has 1 heterocycles. The van der Waals surface area contributed by atoms with Crippen LogP contribution in [0.15, 0.2) is 48.7 Å². The van der Waals surface area contributed by atoms with E-state index in [-0.39, 0.29) is 0 Å². The highest BCUT2D eigenvalue weighted by molar-refractivity contribution is 5.85. The minimum atomic E-state index is 0.780. The molecule has 3 aromatic rings. The fourth-order valence-corrected chi connectivity index (χ4v) is 2.61. The van der Waals surface area contributed by atoms with E-state index in [1.807, 2.05) is 25.2 Å². The zero-order chi connectivity index (χ0) is 15.7. The molecular formula is C18H20N2O2. The first-order chi connectivity index (χ1) is 10.6. The maximum atomic E-state index is 5.35. The van der Waals surface area contributed by atoms with Crippen LogP contribution in [0.4, 0.5) is 11.4 Å². The van der Waals surface area contributed by atoms with Gasteiger partial charge in [0.1, 0.15) is 11.5 Å². The standard InChI is InChI=1S/C18H20N2O2/c1-19-8-7-13-9-14(5-6-18(13)19)20(2)15-10-16(21-3)12-17(11-15)22-4/h5-12H,1-4H3. The molecule has 4 nitrogen and oxygen atoms in total. The highest BCUT2D eigenvalue weighted by Crippen LogP contribution is 2.33. The van der Waals surface area contributed by atoms with Crippen molar-refractivity contribution in [3.63, 3.8) is 0 Å². The number of benzene rings is 2. The molecule has 2 aromatic carbocycles. The van der Waals surface area contributed by atoms with E-state index in [9.17, 15) is 0 Å². The normalized spacial score (nSPS) is 10.7. The van der Waals surface area contributed by atoms with Gasteiger partial charge in [-0.25, -0.2) is 0 Å². The Hall–Kier alpha value is -2.62. The van der Waals surface area contributed by atoms with Crippen molar-refractivity contribution in [1.82, 2.24) is 4.57 Å². The molecule has 0 aliphatic rings. The molecule has 0 aliphatic carbocycles. The number of hydrogen-bond acceptors (Lipinski definition) is 3. The number of methoxy groups -OCH3 is 2. The summed E-state index contributed by atoms with van der Waals surface area (Å²) in [6.45, 7) is 0. The van der Waals surface area contributed by atoms with E-state index >= 15 is 0 Å². The number of hydrogen-bond donors (Lipinski definition) is 0. The third-order valence-corrected chi connectivity index (χ3v) is 3.98. The molecular weight excluding hydrogens is 276 g/mol. The van der Waals surface area contributed by atoms with Gasteiger partial charge in [-0.1, -0.05) is 0 Å². The monoisotopic (exact) mass is 296 g/mol. The molecule has 0 spiro atoms. The topological polar surface area (TPSA) is 26.6 Å². The zero-order valence-corrected chi connectivity index (χ0v) is 13.3. The molecule has 0 N–H and O–H groups in total. The van der Waals surface area contributed by atoms with Crippen molar-refractivity contribution >= 4 is 22.3 Å². The van der Waals surface area contributed by atoms with E-state index in [1.165, 1.54) is 10.9 Å². The summed E-state index contributed by atoms with van der Waals surface area (Å²) in [6, 6.07) is 14.4. The van der Waals surface area contributed by atoms with Crippen LogP contribution >= 0.6 is 0 Å². The van der Waals surface area contributed by atoms with E-state index in [2.05, 4.69) is 47.0 Å². The first-order valence-corrected chi connectivity index (χ1v) is 7.14. The van der Waals surface area contributed by atoms with Gasteiger partial charge in [-0.3, -0.25) is 0 Å². The fraction of sp³-hybridized carbons (Fsp3) is 0.222. The molecule has 4 heteroatoms. The smallest absolute Gasteiger partial charge is 0.124 e. The minimum Gasteiger partial charge on any atom is -0.497 e. The van der Waals surface area contributed by atoms with Gasteiger partial charge in [-0.05, 0) is 24.3 Å². The lowest BCUT2D eigenvalue weighted by atomic mass is 10.2. The van der Waals surface area contributed by atoms with E-state index in [0.29, 0.717) is 0 Å². The largest absolute Gasteiger partial charge is 0.497 e. The van der Waals surface area contributed by atoms with Gasteiger partial charge in [-0.2, -0.15) is 0 Å². The van der Waals surface area contributed by atoms with Crippen LogP contribution in [-0.4, -0.2) is 25.8 Å². The molecule has 114 valence electrons. The highest BCUT2D eigenvalue weighted by atomic mass is 16.5. The molecule has 0 fully saturated rings. The molecule has 1 aromatic heterocycles. The summed E-state index contributed by atoms with van der Waals surface area (Å²) in [4.78, 5) is 2.12. The van der Waals surface area contributed by atoms with Gasteiger partial charge in [0.2, 0.25) is 0 Å². The summed E-state index contributed by atoms with van der Waals surface area (Å²) >= 11 is 0. The summed E-state index contributed by atoms with van der Waals surface area (Å²) in [7, 11) is 7.42. The molecule has 0 amide bonds. The van der Waals surface area contributed by atoms with Crippen molar-refractivity contribution in [3.8, 4) is 11.5 Å². The summed E-state index contributed by atoms with van der Waals surface area (Å²) in [6.07, 6.45) is 2.07. The van der Waals surface area contributed by atoms with Gasteiger partial charge in [0, 0.05) is 60.8 Å². The van der Waals surface area contributed by atoms with Crippen molar-refractivity contribution < 1.29 is 9.47 Å². The quantitative estimate of drug-likeness (QED) is 0.729. The third-order valence-electron chi connectivity index (χ3n) is 3.98. The number of rotatable bonds is 4. The predicted molar refractivity (Wildman–Crippen MR) is 90.5 cm³/mol. The molecule has 0 atom stereocenters. The molecule has 22 heavy (non-hydrogen) atoms. The van der Waals surface area contributed by atoms with Crippen molar-refractivity contribution in [3.05, 3.63) is 48.7 Å². The SMILES string of the molecule is COc1cc(OC)cc(N(C)c2ccc3c(ccn3C)c2)c1. The van der Waals surface area contributed by atoms with Crippen LogP contribution in [0.1, 0.15) is 0 Å². The van der Waals surface area contributed by atoms with Crippen LogP contribution < -0.4 is 14.4 Å². The van der Waals surface area contributed by atoms with Gasteiger partial charge >= 0.3 is 0 Å². The van der Waals surface area contributed by atoms with Gasteiger partial charge in [-0.15, -0.1) is 0 Å². The molecule has 0 aliphatic heterocycles. The van der Waals surface area contributed by atoms with Crippen LogP contribution in [-0.2, 0) is 7.05 Å². The van der Waals surface area contributed by atoms with Crippen LogP contribution in [0, 0.1) is 0 Å². The summed E-state index contributed by atoms with van der Waals surface area (Å²) in [5.41, 5.74) is 3.36. The van der Waals surface area contributed by atoms with Crippen LogP contribution in [0.3, 0.4) is 0 Å². The third kappa shape index (κ3) is 2.48. The summed E-state index contributed by atoms with van der Waals surface area (Å²) in [5.74, 6) is 1.56. The van der Waals surface area contributed by atoms with Gasteiger partial charge < -0.3 is 18.9 Å². The molecule has 0 bridgehead atoms. The lowest BCUT2D eigenvalue weighted by molar-refractivity contribution is 0.394. The second kappa shape index (κ2) is 5.64. The lowest BCUT2D eigenvalue weighted by Gasteiger charge is -2.21. The lowest BCUT2D eigenvalue weighted by Crippen LogP contribution is -2.09. The van der Waals surface area contributed by atoms with Crippen LogP contribution in [0.25, 0.3) is 10.9 Å². The number of fused-ring (bicyclic) bond motifs is 1. The maximum absolute atomic E-state index is 5.35. The van der Waals surface area contributed by atoms with Gasteiger partial charge in [0.05, 0.1) is 14.2 Å². The maximum Gasteiger partial charge on any atom is 0.124 e. The van der Waals surface area contributed by atoms with Crippen LogP contribution in [0.5, 0.6) is 11.5 Å². The Balaban J connectivity index is 2.02. The zero-order valence-electron chi connectivity index (χ0n) is 13.3. The Morgan fingerprint density at radius 2 is 1.55 bits per heavy atom. The van der Waals surface area contributed by atoms with Crippen molar-refractivity contribution in [2.24, 2.45) is 7.05 Å². The van der Waals surface area contributed by atoms with Crippen LogP contribution in [0.2, 0.25) is 0 Å². The number of nitrogens with zero attached hydrogens (tertiary/aromatic N) is 2. The number of ether oxygens (including phenoxy) is 2. The average Bonchev–Trinajstić information content (AvgIpc) is 2.94. The van der Waals surface area contributed by atoms with Crippen molar-refractivity contribution in [2.75, 3.05) is 26.2 Å². The second-order valence-corrected chi connectivity index (χ2v) is 5.30. The second-order valence-electron chi connectivity index (χ2n) is 5.30. The van der Waals surface area contributed by atoms with Gasteiger partial charge in [0.15, 0.2) is 0 Å². The Bertz CT molecular complexity index is 786. The molecule has 3 rings (SSSR count). The summed E-state index contributed by atoms with van der Waals surface area (Å²) < 4.78 is 12.8. The Morgan fingerprint density at radius 3 is 2.18 bits per heavy atom. The molecule has 0 radical (unpaired) electrons. The van der Waals surface area contributed by atoms with Crippen molar-refractivity contribution in [1.29, 1.82) is 0 Å². The first-order valence-electron chi connectivity index (χ1n) is 7.14. The molecule has 0 saturated carbocycles. The Labute approximate surface area is 130 Å². The Morgan fingerprint density at radius 1 is 0.864 bits per heavy atom. The predicted octanol–water partition coefficient (Wildman–Crippen LogP) is 3.96. The van der Waals surface area contributed by atoms with Gasteiger partial charge in [0.25, 0.3) is 0 Å². The number of aryl methyl sites for hydroxylation is 1. The minimum absolute atomic E-state index is 0.780. The molecule has 0 unspecified atom stereocenters. The Kier molecular flexibility index (Phi) is 3.67. The van der Waals surface area contributed by atoms with Crippen molar-refractivity contribution in [2.45, 2.75) is 0 Å². The summed E-state index contributed by atoms with van der Waals surface area (Å²) in [5, 5.41) is 1.22. The average molecular weight is 296 g/mol. The number of anilines is 2. The van der Waals surface area contributed by atoms with E-state index in [0.717, 1.165) is 22.9 Å². The molecule has 0 saturated heterocycles. The van der Waals surface area contributed by atoms with E-state index < -0.39 is 0 Å². The van der Waals surface area contributed by atoms with E-state index in [1.54, 1.807) is 14.2 Å².